The molecule has 2 atom stereocenters. The molecular weight excluding hydrogens is 338 g/mol. The van der Waals surface area contributed by atoms with E-state index in [1.54, 1.807) is 12.4 Å². The summed E-state index contributed by atoms with van der Waals surface area (Å²) in [5.41, 5.74) is 0.949. The molecule has 0 radical (unpaired) electrons. The topological polar surface area (TPSA) is 63.1 Å². The van der Waals surface area contributed by atoms with Crippen molar-refractivity contribution in [2.45, 2.75) is 56.7 Å². The molecule has 6 nitrogen and oxygen atoms in total. The number of rotatable bonds is 3. The summed E-state index contributed by atoms with van der Waals surface area (Å²) in [5.74, 6) is 0.646. The molecule has 2 bridgehead atoms. The highest BCUT2D eigenvalue weighted by atomic mass is 16.1. The van der Waals surface area contributed by atoms with Gasteiger partial charge >= 0.3 is 0 Å². The van der Waals surface area contributed by atoms with Crippen LogP contribution in [0.5, 0.6) is 0 Å². The number of hydrogen-bond donors (Lipinski definition) is 1. The van der Waals surface area contributed by atoms with Gasteiger partial charge < -0.3 is 10.2 Å². The summed E-state index contributed by atoms with van der Waals surface area (Å²) in [6, 6.07) is 5.17. The van der Waals surface area contributed by atoms with Crippen molar-refractivity contribution in [2.75, 3.05) is 12.4 Å². The van der Waals surface area contributed by atoms with Gasteiger partial charge in [0, 0.05) is 24.3 Å². The number of pyridine rings is 1. The largest absolute Gasteiger partial charge is 0.324 e. The van der Waals surface area contributed by atoms with E-state index in [0.717, 1.165) is 41.9 Å². The van der Waals surface area contributed by atoms with Crippen molar-refractivity contribution in [1.82, 2.24) is 19.4 Å². The molecule has 0 amide bonds. The summed E-state index contributed by atoms with van der Waals surface area (Å²) in [6.07, 6.45) is 14.0. The van der Waals surface area contributed by atoms with E-state index in [4.69, 9.17) is 4.98 Å². The first-order valence-corrected chi connectivity index (χ1v) is 9.92. The first-order chi connectivity index (χ1) is 13.2. The SMILES string of the molecule is CN1C2CCC1CC(n1c(Nc3cccnc3)nc3c(c1=O)=CCCC=3)C2. The molecule has 0 spiro atoms. The maximum Gasteiger partial charge on any atom is 0.262 e. The van der Waals surface area contributed by atoms with Crippen LogP contribution in [0.1, 0.15) is 44.6 Å². The third kappa shape index (κ3) is 2.88. The summed E-state index contributed by atoms with van der Waals surface area (Å²) in [7, 11) is 2.23. The minimum absolute atomic E-state index is 0.0938. The van der Waals surface area contributed by atoms with Crippen LogP contribution in [0.15, 0.2) is 29.3 Å². The van der Waals surface area contributed by atoms with Gasteiger partial charge in [0.25, 0.3) is 5.56 Å². The van der Waals surface area contributed by atoms with Gasteiger partial charge in [-0.2, -0.15) is 0 Å². The van der Waals surface area contributed by atoms with Crippen molar-refractivity contribution in [2.24, 2.45) is 0 Å². The van der Waals surface area contributed by atoms with Crippen LogP contribution in [0.4, 0.5) is 11.6 Å². The van der Waals surface area contributed by atoms with Gasteiger partial charge in [0.15, 0.2) is 0 Å². The Hall–Kier alpha value is -2.47. The Morgan fingerprint density at radius 2 is 1.89 bits per heavy atom. The molecule has 6 heteroatoms. The lowest BCUT2D eigenvalue weighted by Crippen LogP contribution is -2.51. The van der Waals surface area contributed by atoms with Crippen LogP contribution >= 0.6 is 0 Å². The van der Waals surface area contributed by atoms with E-state index in [2.05, 4.69) is 34.4 Å². The maximum absolute atomic E-state index is 13.4. The number of piperidine rings is 1. The van der Waals surface area contributed by atoms with Gasteiger partial charge in [0.1, 0.15) is 0 Å². The Balaban J connectivity index is 1.64. The lowest BCUT2D eigenvalue weighted by atomic mass is 9.97. The minimum atomic E-state index is 0.0938. The van der Waals surface area contributed by atoms with Crippen molar-refractivity contribution >= 4 is 23.8 Å². The van der Waals surface area contributed by atoms with E-state index in [1.807, 2.05) is 16.7 Å². The normalized spacial score (nSPS) is 26.8. The number of anilines is 2. The molecule has 2 aromatic rings. The highest BCUT2D eigenvalue weighted by Crippen LogP contribution is 2.39. The van der Waals surface area contributed by atoms with Gasteiger partial charge in [0.2, 0.25) is 5.95 Å². The van der Waals surface area contributed by atoms with Crippen molar-refractivity contribution in [3.63, 3.8) is 0 Å². The second kappa shape index (κ2) is 6.60. The van der Waals surface area contributed by atoms with Gasteiger partial charge in [-0.25, -0.2) is 4.98 Å². The molecule has 1 N–H and O–H groups in total. The zero-order valence-electron chi connectivity index (χ0n) is 15.6. The lowest BCUT2D eigenvalue weighted by molar-refractivity contribution is 0.136. The first kappa shape index (κ1) is 16.7. The Morgan fingerprint density at radius 3 is 2.63 bits per heavy atom. The molecule has 2 unspecified atom stereocenters. The summed E-state index contributed by atoms with van der Waals surface area (Å²) in [6.45, 7) is 0. The van der Waals surface area contributed by atoms with Gasteiger partial charge in [-0.3, -0.25) is 14.3 Å². The Kier molecular flexibility index (Phi) is 4.08. The average Bonchev–Trinajstić information content (AvgIpc) is 2.90. The fourth-order valence-corrected chi connectivity index (χ4v) is 4.95. The second-order valence-corrected chi connectivity index (χ2v) is 7.94. The van der Waals surface area contributed by atoms with E-state index in [0.29, 0.717) is 18.0 Å². The molecule has 27 heavy (non-hydrogen) atoms. The van der Waals surface area contributed by atoms with Crippen LogP contribution in [0.3, 0.4) is 0 Å². The summed E-state index contributed by atoms with van der Waals surface area (Å²) < 4.78 is 1.93. The fourth-order valence-electron chi connectivity index (χ4n) is 4.95. The maximum atomic E-state index is 13.4. The Labute approximate surface area is 158 Å². The standard InChI is InChI=1S/C21H25N5O/c1-25-15-8-9-16(25)12-17(11-15)26-20(27)18-6-2-3-7-19(18)24-21(26)23-14-5-4-10-22-13-14/h4-7,10,13,15-17H,2-3,8-9,11-12H2,1H3,(H,23,24). The quantitative estimate of drug-likeness (QED) is 0.896. The van der Waals surface area contributed by atoms with Crippen LogP contribution in [-0.4, -0.2) is 38.6 Å². The number of nitrogens with zero attached hydrogens (tertiary/aromatic N) is 4. The average molecular weight is 363 g/mol. The van der Waals surface area contributed by atoms with Gasteiger partial charge in [-0.1, -0.05) is 12.2 Å². The van der Waals surface area contributed by atoms with Gasteiger partial charge in [-0.15, -0.1) is 0 Å². The predicted molar refractivity (Wildman–Crippen MR) is 106 cm³/mol. The highest BCUT2D eigenvalue weighted by Gasteiger charge is 2.40. The number of hydrogen-bond acceptors (Lipinski definition) is 5. The van der Waals surface area contributed by atoms with Crippen LogP contribution in [0.25, 0.3) is 12.2 Å². The zero-order chi connectivity index (χ0) is 18.4. The Morgan fingerprint density at radius 1 is 1.11 bits per heavy atom. The van der Waals surface area contributed by atoms with Crippen LogP contribution < -0.4 is 21.4 Å². The van der Waals surface area contributed by atoms with Crippen molar-refractivity contribution in [3.05, 3.63) is 45.4 Å². The highest BCUT2D eigenvalue weighted by molar-refractivity contribution is 5.52. The van der Waals surface area contributed by atoms with Gasteiger partial charge in [-0.05, 0) is 57.7 Å². The first-order valence-electron chi connectivity index (χ1n) is 9.92. The second-order valence-electron chi connectivity index (χ2n) is 7.94. The van der Waals surface area contributed by atoms with E-state index in [-0.39, 0.29) is 11.6 Å². The molecular formula is C21H25N5O. The molecule has 140 valence electrons. The molecule has 0 aromatic carbocycles. The van der Waals surface area contributed by atoms with E-state index >= 15 is 0 Å². The van der Waals surface area contributed by atoms with Crippen LogP contribution in [0.2, 0.25) is 0 Å². The van der Waals surface area contributed by atoms with Gasteiger partial charge in [0.05, 0.1) is 22.5 Å². The molecule has 2 aromatic heterocycles. The van der Waals surface area contributed by atoms with Crippen molar-refractivity contribution in [1.29, 1.82) is 0 Å². The number of nitrogens with one attached hydrogen (secondary N) is 1. The summed E-state index contributed by atoms with van der Waals surface area (Å²) >= 11 is 0. The van der Waals surface area contributed by atoms with Crippen LogP contribution in [0, 0.1) is 0 Å². The molecule has 5 rings (SSSR count). The predicted octanol–water partition coefficient (Wildman–Crippen LogP) is 1.53. The number of aromatic nitrogens is 3. The molecule has 2 fully saturated rings. The Bertz CT molecular complexity index is 1020. The van der Waals surface area contributed by atoms with E-state index in [9.17, 15) is 4.79 Å². The van der Waals surface area contributed by atoms with Crippen molar-refractivity contribution < 1.29 is 0 Å². The molecule has 3 aliphatic rings. The zero-order valence-corrected chi connectivity index (χ0v) is 15.6. The number of fused-ring (bicyclic) bond motifs is 3. The lowest BCUT2D eigenvalue weighted by Gasteiger charge is -2.37. The molecule has 0 saturated carbocycles. The molecule has 1 aliphatic carbocycles. The van der Waals surface area contributed by atoms with E-state index < -0.39 is 0 Å². The third-order valence-corrected chi connectivity index (χ3v) is 6.39. The summed E-state index contributed by atoms with van der Waals surface area (Å²) in [5, 5.41) is 4.94. The van der Waals surface area contributed by atoms with Crippen molar-refractivity contribution in [3.8, 4) is 0 Å². The molecule has 2 aliphatic heterocycles. The summed E-state index contributed by atoms with van der Waals surface area (Å²) in [4.78, 5) is 25.0. The van der Waals surface area contributed by atoms with Crippen LogP contribution in [-0.2, 0) is 0 Å². The fraction of sp³-hybridized carbons (Fsp3) is 0.476. The van der Waals surface area contributed by atoms with E-state index in [1.165, 1.54) is 12.8 Å². The molecule has 2 saturated heterocycles. The minimum Gasteiger partial charge on any atom is -0.324 e. The molecule has 4 heterocycles. The monoisotopic (exact) mass is 363 g/mol. The third-order valence-electron chi connectivity index (χ3n) is 6.39. The smallest absolute Gasteiger partial charge is 0.262 e.